The van der Waals surface area contributed by atoms with Crippen LogP contribution in [0, 0.1) is 0 Å². The van der Waals surface area contributed by atoms with Gasteiger partial charge in [-0.05, 0) is 24.3 Å². The van der Waals surface area contributed by atoms with Gasteiger partial charge in [-0.3, -0.25) is 0 Å². The number of nitrogens with zero attached hydrogens (tertiary/aromatic N) is 2. The predicted octanol–water partition coefficient (Wildman–Crippen LogP) is 3.61. The lowest BCUT2D eigenvalue weighted by Crippen LogP contribution is -2.01. The average molecular weight is 271 g/mol. The third kappa shape index (κ3) is 2.30. The fourth-order valence-electron chi connectivity index (χ4n) is 1.84. The molecular weight excluding hydrogens is 260 g/mol. The summed E-state index contributed by atoms with van der Waals surface area (Å²) < 4.78 is 0. The van der Waals surface area contributed by atoms with Crippen LogP contribution in [-0.4, -0.2) is 9.97 Å². The van der Waals surface area contributed by atoms with Gasteiger partial charge in [0.25, 0.3) is 0 Å². The highest BCUT2D eigenvalue weighted by molar-refractivity contribution is 6.33. The summed E-state index contributed by atoms with van der Waals surface area (Å²) in [7, 11) is 0. The van der Waals surface area contributed by atoms with Crippen LogP contribution in [0.4, 0.5) is 17.5 Å². The van der Waals surface area contributed by atoms with Crippen molar-refractivity contribution < 1.29 is 0 Å². The Balaban J connectivity index is 2.04. The molecule has 19 heavy (non-hydrogen) atoms. The number of halogens is 1. The van der Waals surface area contributed by atoms with Crippen molar-refractivity contribution >= 4 is 40.0 Å². The lowest BCUT2D eigenvalue weighted by molar-refractivity contribution is 1.22. The van der Waals surface area contributed by atoms with E-state index < -0.39 is 0 Å². The van der Waals surface area contributed by atoms with E-state index in [2.05, 4.69) is 15.3 Å². The van der Waals surface area contributed by atoms with E-state index in [-0.39, 0.29) is 0 Å². The fraction of sp³-hybridized carbons (Fsp3) is 0. The van der Waals surface area contributed by atoms with Crippen molar-refractivity contribution in [3.05, 3.63) is 53.6 Å². The van der Waals surface area contributed by atoms with Crippen molar-refractivity contribution in [3.63, 3.8) is 0 Å². The quantitative estimate of drug-likeness (QED) is 0.747. The SMILES string of the molecule is Nc1nc(Nc2ccccc2Cl)nc2ccccc12. The van der Waals surface area contributed by atoms with Crippen LogP contribution >= 0.6 is 11.6 Å². The molecule has 4 nitrogen and oxygen atoms in total. The highest BCUT2D eigenvalue weighted by Gasteiger charge is 2.06. The van der Waals surface area contributed by atoms with E-state index in [0.29, 0.717) is 16.8 Å². The highest BCUT2D eigenvalue weighted by Crippen LogP contribution is 2.25. The first-order valence-electron chi connectivity index (χ1n) is 5.78. The van der Waals surface area contributed by atoms with Gasteiger partial charge < -0.3 is 11.1 Å². The second-order valence-corrected chi connectivity index (χ2v) is 4.46. The second-order valence-electron chi connectivity index (χ2n) is 4.05. The summed E-state index contributed by atoms with van der Waals surface area (Å²) in [6.45, 7) is 0. The maximum atomic E-state index is 6.08. The molecule has 2 aromatic carbocycles. The first kappa shape index (κ1) is 11.7. The van der Waals surface area contributed by atoms with E-state index >= 15 is 0 Å². The summed E-state index contributed by atoms with van der Waals surface area (Å²) >= 11 is 6.08. The van der Waals surface area contributed by atoms with Crippen LogP contribution in [0.15, 0.2) is 48.5 Å². The maximum absolute atomic E-state index is 6.08. The summed E-state index contributed by atoms with van der Waals surface area (Å²) in [5, 5.41) is 4.52. The van der Waals surface area contributed by atoms with E-state index in [1.54, 1.807) is 6.07 Å². The lowest BCUT2D eigenvalue weighted by Gasteiger charge is -2.08. The average Bonchev–Trinajstić information content (AvgIpc) is 2.42. The van der Waals surface area contributed by atoms with Gasteiger partial charge in [0.15, 0.2) is 0 Å². The molecule has 0 radical (unpaired) electrons. The third-order valence-corrected chi connectivity index (χ3v) is 3.08. The van der Waals surface area contributed by atoms with Gasteiger partial charge in [0.05, 0.1) is 16.2 Å². The molecule has 1 aromatic heterocycles. The first-order chi connectivity index (χ1) is 9.24. The zero-order valence-electron chi connectivity index (χ0n) is 9.97. The van der Waals surface area contributed by atoms with E-state index in [9.17, 15) is 0 Å². The molecule has 5 heteroatoms. The predicted molar refractivity (Wildman–Crippen MR) is 78.7 cm³/mol. The molecule has 0 saturated heterocycles. The van der Waals surface area contributed by atoms with Crippen molar-refractivity contribution in [3.8, 4) is 0 Å². The monoisotopic (exact) mass is 270 g/mol. The van der Waals surface area contributed by atoms with E-state index in [4.69, 9.17) is 17.3 Å². The second kappa shape index (κ2) is 4.74. The van der Waals surface area contributed by atoms with Crippen molar-refractivity contribution in [2.75, 3.05) is 11.1 Å². The Hall–Kier alpha value is -2.33. The number of nitrogens with two attached hydrogens (primary N) is 1. The van der Waals surface area contributed by atoms with Gasteiger partial charge in [-0.25, -0.2) is 4.98 Å². The molecule has 0 spiro atoms. The van der Waals surface area contributed by atoms with Crippen LogP contribution in [0.3, 0.4) is 0 Å². The molecular formula is C14H11ClN4. The van der Waals surface area contributed by atoms with Crippen LogP contribution in [0.2, 0.25) is 5.02 Å². The van der Waals surface area contributed by atoms with Gasteiger partial charge in [-0.15, -0.1) is 0 Å². The largest absolute Gasteiger partial charge is 0.383 e. The number of aromatic nitrogens is 2. The smallest absolute Gasteiger partial charge is 0.229 e. The van der Waals surface area contributed by atoms with Gasteiger partial charge >= 0.3 is 0 Å². The summed E-state index contributed by atoms with van der Waals surface area (Å²) in [5.41, 5.74) is 7.47. The number of fused-ring (bicyclic) bond motifs is 1. The van der Waals surface area contributed by atoms with Gasteiger partial charge in [0.2, 0.25) is 5.95 Å². The van der Waals surface area contributed by atoms with Crippen molar-refractivity contribution in [2.45, 2.75) is 0 Å². The Morgan fingerprint density at radius 1 is 0.947 bits per heavy atom. The number of rotatable bonds is 2. The molecule has 3 N–H and O–H groups in total. The Morgan fingerprint density at radius 3 is 2.53 bits per heavy atom. The van der Waals surface area contributed by atoms with Crippen LogP contribution in [0.5, 0.6) is 0 Å². The van der Waals surface area contributed by atoms with Crippen molar-refractivity contribution in [1.82, 2.24) is 9.97 Å². The fourth-order valence-corrected chi connectivity index (χ4v) is 2.02. The maximum Gasteiger partial charge on any atom is 0.229 e. The lowest BCUT2D eigenvalue weighted by atomic mass is 10.2. The molecule has 0 amide bonds. The molecule has 3 rings (SSSR count). The molecule has 0 bridgehead atoms. The Labute approximate surface area is 115 Å². The molecule has 0 aliphatic rings. The first-order valence-corrected chi connectivity index (χ1v) is 6.15. The number of nitrogen functional groups attached to an aromatic ring is 1. The third-order valence-electron chi connectivity index (χ3n) is 2.75. The Kier molecular flexibility index (Phi) is 2.93. The molecule has 94 valence electrons. The van der Waals surface area contributed by atoms with Crippen LogP contribution < -0.4 is 11.1 Å². The number of benzene rings is 2. The Morgan fingerprint density at radius 2 is 1.68 bits per heavy atom. The van der Waals surface area contributed by atoms with Gasteiger partial charge in [0.1, 0.15) is 5.82 Å². The molecule has 0 aliphatic heterocycles. The number of anilines is 3. The van der Waals surface area contributed by atoms with E-state index in [1.807, 2.05) is 42.5 Å². The Bertz CT molecular complexity index is 742. The topological polar surface area (TPSA) is 63.8 Å². The van der Waals surface area contributed by atoms with Crippen LogP contribution in [0.1, 0.15) is 0 Å². The number of nitrogens with one attached hydrogen (secondary N) is 1. The normalized spacial score (nSPS) is 10.6. The number of hydrogen-bond donors (Lipinski definition) is 2. The molecule has 0 aliphatic carbocycles. The van der Waals surface area contributed by atoms with Crippen LogP contribution in [-0.2, 0) is 0 Å². The zero-order valence-corrected chi connectivity index (χ0v) is 10.7. The summed E-state index contributed by atoms with van der Waals surface area (Å²) in [5.74, 6) is 0.879. The van der Waals surface area contributed by atoms with Gasteiger partial charge in [0, 0.05) is 5.39 Å². The summed E-state index contributed by atoms with van der Waals surface area (Å²) in [4.78, 5) is 8.65. The van der Waals surface area contributed by atoms with Crippen molar-refractivity contribution in [2.24, 2.45) is 0 Å². The highest BCUT2D eigenvalue weighted by atomic mass is 35.5. The zero-order chi connectivity index (χ0) is 13.2. The summed E-state index contributed by atoms with van der Waals surface area (Å²) in [6, 6.07) is 15.0. The standard InChI is InChI=1S/C14H11ClN4/c15-10-6-2-4-8-12(10)18-14-17-11-7-3-1-5-9(11)13(16)19-14/h1-8H,(H3,16,17,18,19). The van der Waals surface area contributed by atoms with Crippen LogP contribution in [0.25, 0.3) is 10.9 Å². The number of para-hydroxylation sites is 2. The molecule has 0 unspecified atom stereocenters. The minimum Gasteiger partial charge on any atom is -0.383 e. The van der Waals surface area contributed by atoms with Gasteiger partial charge in [-0.2, -0.15) is 4.98 Å². The minimum absolute atomic E-state index is 0.435. The molecule has 1 heterocycles. The molecule has 0 fully saturated rings. The van der Waals surface area contributed by atoms with Crippen molar-refractivity contribution in [1.29, 1.82) is 0 Å². The van der Waals surface area contributed by atoms with Gasteiger partial charge in [-0.1, -0.05) is 35.9 Å². The molecule has 0 saturated carbocycles. The summed E-state index contributed by atoms with van der Waals surface area (Å²) in [6.07, 6.45) is 0. The van der Waals surface area contributed by atoms with E-state index in [1.165, 1.54) is 0 Å². The number of hydrogen-bond acceptors (Lipinski definition) is 4. The van der Waals surface area contributed by atoms with E-state index in [0.717, 1.165) is 16.6 Å². The molecule has 3 aromatic rings. The molecule has 0 atom stereocenters. The minimum atomic E-state index is 0.435.